The van der Waals surface area contributed by atoms with Crippen molar-refractivity contribution in [3.63, 3.8) is 0 Å². The topological polar surface area (TPSA) is 89.8 Å². The molecule has 2 aromatic carbocycles. The Morgan fingerprint density at radius 2 is 1.89 bits per heavy atom. The van der Waals surface area contributed by atoms with E-state index in [1.807, 2.05) is 35.3 Å². The number of imidazole rings is 1. The van der Waals surface area contributed by atoms with Gasteiger partial charge >= 0.3 is 0 Å². The molecule has 0 saturated carbocycles. The van der Waals surface area contributed by atoms with Crippen LogP contribution in [0.15, 0.2) is 67.1 Å². The summed E-state index contributed by atoms with van der Waals surface area (Å²) in [5, 5.41) is 7.93. The summed E-state index contributed by atoms with van der Waals surface area (Å²) in [4.78, 5) is 18.9. The Balaban J connectivity index is 1.41. The Kier molecular flexibility index (Phi) is 5.95. The molecule has 0 aliphatic carbocycles. The number of fused-ring (bicyclic) bond motifs is 2. The van der Waals surface area contributed by atoms with Crippen LogP contribution < -0.4 is 10.6 Å². The van der Waals surface area contributed by atoms with E-state index >= 15 is 0 Å². The average molecular weight is 480 g/mol. The maximum Gasteiger partial charge on any atom is 0.231 e. The number of hydrogen-bond donors (Lipinski definition) is 2. The highest BCUT2D eigenvalue weighted by Gasteiger charge is 2.21. The molecule has 5 aromatic rings. The highest BCUT2D eigenvalue weighted by molar-refractivity contribution is 5.96. The summed E-state index contributed by atoms with van der Waals surface area (Å²) in [5.41, 5.74) is 5.62. The third-order valence-corrected chi connectivity index (χ3v) is 6.40. The molecule has 6 rings (SSSR count). The predicted molar refractivity (Wildman–Crippen MR) is 143 cm³/mol. The Hall–Kier alpha value is -4.04. The molecule has 0 radical (unpaired) electrons. The van der Waals surface area contributed by atoms with Crippen molar-refractivity contribution in [2.45, 2.75) is 45.4 Å². The maximum atomic E-state index is 6.03. The van der Waals surface area contributed by atoms with E-state index in [-0.39, 0.29) is 12.3 Å². The largest absolute Gasteiger partial charge is 0.366 e. The van der Waals surface area contributed by atoms with Gasteiger partial charge in [0.05, 0.1) is 11.8 Å². The smallest absolute Gasteiger partial charge is 0.231 e. The van der Waals surface area contributed by atoms with Crippen molar-refractivity contribution in [2.24, 2.45) is 0 Å². The molecule has 1 aliphatic rings. The van der Waals surface area contributed by atoms with Gasteiger partial charge in [0.1, 0.15) is 6.23 Å². The highest BCUT2D eigenvalue weighted by atomic mass is 16.5. The molecular weight excluding hydrogens is 450 g/mol. The zero-order chi connectivity index (χ0) is 24.5. The minimum Gasteiger partial charge on any atom is -0.366 e. The number of hydrogen-bond acceptors (Lipinski definition) is 7. The molecule has 1 fully saturated rings. The Morgan fingerprint density at radius 3 is 2.69 bits per heavy atom. The van der Waals surface area contributed by atoms with Crippen LogP contribution in [-0.4, -0.2) is 37.2 Å². The van der Waals surface area contributed by atoms with E-state index in [9.17, 15) is 0 Å². The third-order valence-electron chi connectivity index (χ3n) is 6.40. The molecule has 0 spiro atoms. The number of pyridine rings is 1. The second-order valence-electron chi connectivity index (χ2n) is 9.42. The van der Waals surface area contributed by atoms with E-state index in [0.717, 1.165) is 64.8 Å². The van der Waals surface area contributed by atoms with Crippen molar-refractivity contribution in [2.75, 3.05) is 17.2 Å². The number of benzene rings is 2. The number of aromatic nitrogens is 5. The minimum absolute atomic E-state index is 0.0569. The highest BCUT2D eigenvalue weighted by Crippen LogP contribution is 2.32. The first-order valence-electron chi connectivity index (χ1n) is 12.5. The van der Waals surface area contributed by atoms with E-state index in [4.69, 9.17) is 14.7 Å². The zero-order valence-electron chi connectivity index (χ0n) is 20.5. The Bertz CT molecular complexity index is 1510. The molecule has 2 N–H and O–H groups in total. The summed E-state index contributed by atoms with van der Waals surface area (Å²) < 4.78 is 8.06. The molecule has 1 unspecified atom stereocenters. The number of anilines is 3. The molecule has 1 aliphatic heterocycles. The molecule has 4 heterocycles. The van der Waals surface area contributed by atoms with Gasteiger partial charge in [-0.05, 0) is 68.5 Å². The first-order chi connectivity index (χ1) is 17.7. The van der Waals surface area contributed by atoms with E-state index in [2.05, 4.69) is 70.8 Å². The normalized spacial score (nSPS) is 16.0. The maximum absolute atomic E-state index is 6.03. The molecule has 0 bridgehead atoms. The van der Waals surface area contributed by atoms with Crippen molar-refractivity contribution in [3.05, 3.63) is 67.1 Å². The lowest BCUT2D eigenvalue weighted by molar-refractivity contribution is -0.0298. The van der Waals surface area contributed by atoms with Gasteiger partial charge in [-0.15, -0.1) is 0 Å². The fourth-order valence-corrected chi connectivity index (χ4v) is 4.72. The van der Waals surface area contributed by atoms with Crippen LogP contribution in [0.3, 0.4) is 0 Å². The van der Waals surface area contributed by atoms with Crippen LogP contribution in [-0.2, 0) is 4.74 Å². The van der Waals surface area contributed by atoms with Gasteiger partial charge in [0.2, 0.25) is 5.95 Å². The molecule has 0 amide bonds. The molecule has 3 aromatic heterocycles. The van der Waals surface area contributed by atoms with Crippen LogP contribution in [0.5, 0.6) is 0 Å². The van der Waals surface area contributed by atoms with Gasteiger partial charge in [0.15, 0.2) is 17.0 Å². The number of nitrogens with zero attached hydrogens (tertiary/aromatic N) is 5. The fourth-order valence-electron chi connectivity index (χ4n) is 4.72. The molecule has 36 heavy (non-hydrogen) atoms. The van der Waals surface area contributed by atoms with Crippen LogP contribution in [0.1, 0.15) is 39.3 Å². The lowest BCUT2D eigenvalue weighted by atomic mass is 10.0. The third kappa shape index (κ3) is 4.35. The molecular formula is C28H29N7O. The fraction of sp³-hybridized carbons (Fsp3) is 0.286. The quantitative estimate of drug-likeness (QED) is 0.295. The van der Waals surface area contributed by atoms with Crippen LogP contribution in [0.25, 0.3) is 33.2 Å². The Labute approximate surface area is 209 Å². The summed E-state index contributed by atoms with van der Waals surface area (Å²) in [6, 6.07) is 18.8. The van der Waals surface area contributed by atoms with Crippen LogP contribution >= 0.6 is 0 Å². The molecule has 1 saturated heterocycles. The number of nitrogens with one attached hydrogen (secondary N) is 2. The summed E-state index contributed by atoms with van der Waals surface area (Å²) in [6.07, 6.45) is 6.79. The van der Waals surface area contributed by atoms with Crippen LogP contribution in [0.4, 0.5) is 17.5 Å². The van der Waals surface area contributed by atoms with Crippen molar-refractivity contribution in [1.82, 2.24) is 24.5 Å². The van der Waals surface area contributed by atoms with E-state index in [0.29, 0.717) is 11.8 Å². The van der Waals surface area contributed by atoms with E-state index in [1.54, 1.807) is 0 Å². The average Bonchev–Trinajstić information content (AvgIpc) is 3.33. The second kappa shape index (κ2) is 9.54. The lowest BCUT2D eigenvalue weighted by Crippen LogP contribution is -2.18. The first-order valence-corrected chi connectivity index (χ1v) is 12.5. The summed E-state index contributed by atoms with van der Waals surface area (Å²) >= 11 is 0. The standard InChI is InChI=1S/C28H29N7O/c1-18(2)31-26-25-27(35(17-30-25)24-10-6-7-15-36-24)34-28(33-26)32-20-11-12-23-22(16-20)21(13-14-29-23)19-8-4-3-5-9-19/h3-5,8-9,11-14,16-18,24H,6-7,10,15H2,1-2H3,(H2,31,32,33,34). The molecule has 8 heteroatoms. The Morgan fingerprint density at radius 1 is 1.00 bits per heavy atom. The minimum atomic E-state index is -0.0569. The zero-order valence-corrected chi connectivity index (χ0v) is 20.5. The van der Waals surface area contributed by atoms with Crippen molar-refractivity contribution in [1.29, 1.82) is 0 Å². The predicted octanol–water partition coefficient (Wildman–Crippen LogP) is 6.30. The number of ether oxygens (including phenoxy) is 1. The van der Waals surface area contributed by atoms with Gasteiger partial charge in [-0.2, -0.15) is 9.97 Å². The van der Waals surface area contributed by atoms with Gasteiger partial charge in [0.25, 0.3) is 0 Å². The summed E-state index contributed by atoms with van der Waals surface area (Å²) in [6.45, 7) is 4.93. The van der Waals surface area contributed by atoms with E-state index in [1.165, 1.54) is 0 Å². The molecule has 8 nitrogen and oxygen atoms in total. The van der Waals surface area contributed by atoms with Crippen molar-refractivity contribution in [3.8, 4) is 11.1 Å². The van der Waals surface area contributed by atoms with Crippen LogP contribution in [0.2, 0.25) is 0 Å². The monoisotopic (exact) mass is 479 g/mol. The first kappa shape index (κ1) is 22.4. The number of rotatable bonds is 6. The SMILES string of the molecule is CC(C)Nc1nc(Nc2ccc3nccc(-c4ccccc4)c3c2)nc2c1ncn2C1CCCCO1. The van der Waals surface area contributed by atoms with Gasteiger partial charge in [0, 0.05) is 29.9 Å². The molecule has 182 valence electrons. The second-order valence-corrected chi connectivity index (χ2v) is 9.42. The lowest BCUT2D eigenvalue weighted by Gasteiger charge is -2.24. The molecule has 1 atom stereocenters. The van der Waals surface area contributed by atoms with Gasteiger partial charge in [-0.3, -0.25) is 9.55 Å². The van der Waals surface area contributed by atoms with Gasteiger partial charge in [-0.1, -0.05) is 30.3 Å². The van der Waals surface area contributed by atoms with E-state index < -0.39 is 0 Å². The van der Waals surface area contributed by atoms with Crippen molar-refractivity contribution >= 4 is 39.5 Å². The van der Waals surface area contributed by atoms with Crippen molar-refractivity contribution < 1.29 is 4.74 Å². The van der Waals surface area contributed by atoms with Crippen LogP contribution in [0, 0.1) is 0 Å². The summed E-state index contributed by atoms with van der Waals surface area (Å²) in [5.74, 6) is 1.22. The van der Waals surface area contributed by atoms with Gasteiger partial charge < -0.3 is 15.4 Å². The summed E-state index contributed by atoms with van der Waals surface area (Å²) in [7, 11) is 0. The van der Waals surface area contributed by atoms with Gasteiger partial charge in [-0.25, -0.2) is 4.98 Å².